The summed E-state index contributed by atoms with van der Waals surface area (Å²) in [4.78, 5) is 31.3. The van der Waals surface area contributed by atoms with Gasteiger partial charge in [-0.25, -0.2) is 4.98 Å². The lowest BCUT2D eigenvalue weighted by Crippen LogP contribution is -2.26. The van der Waals surface area contributed by atoms with E-state index in [1.165, 1.54) is 11.8 Å². The highest BCUT2D eigenvalue weighted by Gasteiger charge is 2.26. The molecule has 0 spiro atoms. The molecule has 29 heavy (non-hydrogen) atoms. The molecule has 0 saturated heterocycles. The summed E-state index contributed by atoms with van der Waals surface area (Å²) in [5.41, 5.74) is 2.45. The van der Waals surface area contributed by atoms with E-state index in [-0.39, 0.29) is 17.1 Å². The first kappa shape index (κ1) is 20.3. The maximum atomic E-state index is 13.2. The van der Waals surface area contributed by atoms with Crippen LogP contribution in [0.5, 0.6) is 0 Å². The van der Waals surface area contributed by atoms with Crippen LogP contribution in [-0.4, -0.2) is 26.3 Å². The molecule has 1 atom stereocenters. The molecule has 0 fully saturated rings. The number of fused-ring (bicyclic) bond motifs is 1. The van der Waals surface area contributed by atoms with Gasteiger partial charge in [0.15, 0.2) is 10.9 Å². The molecule has 4 nitrogen and oxygen atoms in total. The number of Topliss-reactive ketones (excluding diaryl/α,β-unsaturated/α-hetero) is 1. The monoisotopic (exact) mass is 442 g/mol. The fourth-order valence-corrected chi connectivity index (χ4v) is 5.35. The molecule has 0 N–H and O–H groups in total. The molecule has 2 heterocycles. The van der Waals surface area contributed by atoms with Gasteiger partial charge in [-0.3, -0.25) is 14.2 Å². The highest BCUT2D eigenvalue weighted by atomic mass is 35.5. The molecule has 1 aliphatic heterocycles. The van der Waals surface area contributed by atoms with E-state index in [0.717, 1.165) is 22.6 Å². The van der Waals surface area contributed by atoms with Gasteiger partial charge in [-0.1, -0.05) is 60.6 Å². The number of carbonyl (C=O) groups excluding carboxylic acids is 1. The van der Waals surface area contributed by atoms with E-state index in [2.05, 4.69) is 6.92 Å². The van der Waals surface area contributed by atoms with E-state index in [1.54, 1.807) is 40.6 Å². The molecule has 2 aromatic carbocycles. The molecule has 0 amide bonds. The van der Waals surface area contributed by atoms with Gasteiger partial charge < -0.3 is 0 Å². The van der Waals surface area contributed by atoms with Crippen molar-refractivity contribution < 1.29 is 4.79 Å². The van der Waals surface area contributed by atoms with E-state index in [0.29, 0.717) is 27.5 Å². The van der Waals surface area contributed by atoms with Gasteiger partial charge in [0.2, 0.25) is 0 Å². The van der Waals surface area contributed by atoms with E-state index < -0.39 is 0 Å². The lowest BCUT2D eigenvalue weighted by atomic mass is 10.1. The Morgan fingerprint density at radius 2 is 1.93 bits per heavy atom. The molecule has 0 bridgehead atoms. The van der Waals surface area contributed by atoms with Crippen molar-refractivity contribution in [2.24, 2.45) is 0 Å². The lowest BCUT2D eigenvalue weighted by molar-refractivity contribution is 0.102. The average Bonchev–Trinajstić information content (AvgIpc) is 3.10. The van der Waals surface area contributed by atoms with Crippen molar-refractivity contribution in [3.63, 3.8) is 0 Å². The first-order valence-corrected chi connectivity index (χ1v) is 11.5. The Labute approximate surface area is 182 Å². The number of nitrogens with zero attached hydrogens (tertiary/aromatic N) is 2. The fourth-order valence-electron chi connectivity index (χ4n) is 3.20. The maximum absolute atomic E-state index is 13.2. The van der Waals surface area contributed by atoms with E-state index in [9.17, 15) is 9.59 Å². The number of benzene rings is 2. The molecule has 0 aliphatic carbocycles. The number of hydrogen-bond acceptors (Lipinski definition) is 5. The summed E-state index contributed by atoms with van der Waals surface area (Å²) in [5.74, 6) is 0.195. The largest absolute Gasteiger partial charge is 0.293 e. The SMILES string of the molecule is CC1Cc2nc(SCC(=O)c3ccc(Cl)cc3)n(Cc3ccccc3)c(=O)c2S1. The summed E-state index contributed by atoms with van der Waals surface area (Å²) in [7, 11) is 0. The number of rotatable bonds is 6. The predicted octanol–water partition coefficient (Wildman–Crippen LogP) is 4.96. The predicted molar refractivity (Wildman–Crippen MR) is 120 cm³/mol. The number of halogens is 1. The zero-order valence-corrected chi connectivity index (χ0v) is 18.2. The van der Waals surface area contributed by atoms with E-state index in [1.807, 2.05) is 30.3 Å². The summed E-state index contributed by atoms with van der Waals surface area (Å²) in [6.45, 7) is 2.54. The van der Waals surface area contributed by atoms with E-state index >= 15 is 0 Å². The summed E-state index contributed by atoms with van der Waals surface area (Å²) >= 11 is 8.81. The Morgan fingerprint density at radius 1 is 1.21 bits per heavy atom. The van der Waals surface area contributed by atoms with Crippen LogP contribution in [-0.2, 0) is 13.0 Å². The topological polar surface area (TPSA) is 52.0 Å². The summed E-state index contributed by atoms with van der Waals surface area (Å²) in [5, 5.41) is 1.53. The van der Waals surface area contributed by atoms with Gasteiger partial charge in [0.1, 0.15) is 0 Å². The lowest BCUT2D eigenvalue weighted by Gasteiger charge is -2.13. The van der Waals surface area contributed by atoms with Gasteiger partial charge in [-0.05, 0) is 29.8 Å². The molecule has 1 aliphatic rings. The summed E-state index contributed by atoms with van der Waals surface area (Å²) in [6.07, 6.45) is 0.778. The second-order valence-electron chi connectivity index (χ2n) is 6.90. The highest BCUT2D eigenvalue weighted by molar-refractivity contribution is 8.00. The van der Waals surface area contributed by atoms with Crippen molar-refractivity contribution >= 4 is 40.9 Å². The Morgan fingerprint density at radius 3 is 2.66 bits per heavy atom. The molecular weight excluding hydrogens is 424 g/mol. The molecule has 1 unspecified atom stereocenters. The van der Waals surface area contributed by atoms with Crippen molar-refractivity contribution in [3.05, 3.63) is 86.8 Å². The van der Waals surface area contributed by atoms with Crippen molar-refractivity contribution in [3.8, 4) is 0 Å². The second kappa shape index (κ2) is 8.78. The first-order valence-electron chi connectivity index (χ1n) is 9.27. The number of hydrogen-bond donors (Lipinski definition) is 0. The van der Waals surface area contributed by atoms with Crippen LogP contribution < -0.4 is 5.56 Å². The maximum Gasteiger partial charge on any atom is 0.268 e. The third kappa shape index (κ3) is 4.60. The van der Waals surface area contributed by atoms with Gasteiger partial charge >= 0.3 is 0 Å². The standard InChI is InChI=1S/C22H19ClN2O2S2/c1-14-11-18-20(29-14)21(27)25(12-15-5-3-2-4-6-15)22(24-18)28-13-19(26)16-7-9-17(23)10-8-16/h2-10,14H,11-13H2,1H3. The van der Waals surface area contributed by atoms with Gasteiger partial charge in [0, 0.05) is 22.3 Å². The molecule has 4 rings (SSSR count). The van der Waals surface area contributed by atoms with Gasteiger partial charge in [-0.2, -0.15) is 0 Å². The number of thioether (sulfide) groups is 2. The fraction of sp³-hybridized carbons (Fsp3) is 0.227. The Bertz CT molecular complexity index is 1100. The Balaban J connectivity index is 1.63. The minimum absolute atomic E-state index is 0.0181. The van der Waals surface area contributed by atoms with Crippen LogP contribution >= 0.6 is 35.1 Å². The van der Waals surface area contributed by atoms with Crippen molar-refractivity contribution in [1.29, 1.82) is 0 Å². The smallest absolute Gasteiger partial charge is 0.268 e. The third-order valence-electron chi connectivity index (χ3n) is 4.64. The Kier molecular flexibility index (Phi) is 6.13. The minimum Gasteiger partial charge on any atom is -0.293 e. The molecule has 1 aromatic heterocycles. The third-order valence-corrected chi connectivity index (χ3v) is 7.09. The van der Waals surface area contributed by atoms with Crippen LogP contribution in [0.15, 0.2) is 69.4 Å². The minimum atomic E-state index is -0.0188. The van der Waals surface area contributed by atoms with Crippen LogP contribution in [0.4, 0.5) is 0 Å². The van der Waals surface area contributed by atoms with Crippen LogP contribution in [0.3, 0.4) is 0 Å². The Hall–Kier alpha value is -2.02. The van der Waals surface area contributed by atoms with Crippen LogP contribution in [0.25, 0.3) is 0 Å². The number of carbonyl (C=O) groups is 1. The second-order valence-corrected chi connectivity index (χ2v) is 9.73. The molecule has 0 radical (unpaired) electrons. The molecule has 3 aromatic rings. The summed E-state index contributed by atoms with van der Waals surface area (Å²) < 4.78 is 1.69. The molecular formula is C22H19ClN2O2S2. The van der Waals surface area contributed by atoms with Crippen molar-refractivity contribution in [2.75, 3.05) is 5.75 Å². The first-order chi connectivity index (χ1) is 14.0. The zero-order chi connectivity index (χ0) is 20.4. The zero-order valence-electron chi connectivity index (χ0n) is 15.8. The van der Waals surface area contributed by atoms with Gasteiger partial charge in [0.25, 0.3) is 5.56 Å². The summed E-state index contributed by atoms with van der Waals surface area (Å²) in [6, 6.07) is 16.7. The van der Waals surface area contributed by atoms with Crippen LogP contribution in [0, 0.1) is 0 Å². The van der Waals surface area contributed by atoms with Gasteiger partial charge in [-0.15, -0.1) is 11.8 Å². The van der Waals surface area contributed by atoms with E-state index in [4.69, 9.17) is 16.6 Å². The van der Waals surface area contributed by atoms with Crippen LogP contribution in [0.1, 0.15) is 28.5 Å². The van der Waals surface area contributed by atoms with Gasteiger partial charge in [0.05, 0.1) is 22.9 Å². The normalized spacial score (nSPS) is 15.3. The van der Waals surface area contributed by atoms with Crippen LogP contribution in [0.2, 0.25) is 5.02 Å². The van der Waals surface area contributed by atoms with Crippen molar-refractivity contribution in [2.45, 2.75) is 35.2 Å². The number of aromatic nitrogens is 2. The molecule has 0 saturated carbocycles. The average molecular weight is 443 g/mol. The van der Waals surface area contributed by atoms with Crippen molar-refractivity contribution in [1.82, 2.24) is 9.55 Å². The highest BCUT2D eigenvalue weighted by Crippen LogP contribution is 2.34. The molecule has 7 heteroatoms. The number of ketones is 1. The molecule has 148 valence electrons. The quantitative estimate of drug-likeness (QED) is 0.307.